The van der Waals surface area contributed by atoms with Crippen molar-refractivity contribution in [3.8, 4) is 5.75 Å². The first-order valence-corrected chi connectivity index (χ1v) is 9.41. The maximum absolute atomic E-state index is 13.6. The van der Waals surface area contributed by atoms with E-state index in [9.17, 15) is 9.18 Å². The number of piperazine rings is 1. The van der Waals surface area contributed by atoms with Gasteiger partial charge in [-0.3, -0.25) is 0 Å². The molecule has 6 heteroatoms. The molecule has 2 amide bonds. The number of benzene rings is 2. The van der Waals surface area contributed by atoms with Crippen molar-refractivity contribution in [2.75, 3.05) is 44.2 Å². The molecule has 0 aliphatic carbocycles. The standard InChI is InChI=1S/C21H26FN3O2/c1-2-27-19-9-7-18(8-10-19)24-13-15-25(16-14-24)21(26)23-12-11-17-5-3-4-6-20(17)22/h3-10H,2,11-16H2,1H3,(H,23,26). The molecule has 0 saturated carbocycles. The van der Waals surface area contributed by atoms with Crippen LogP contribution in [0.25, 0.3) is 0 Å². The fourth-order valence-corrected chi connectivity index (χ4v) is 3.20. The summed E-state index contributed by atoms with van der Waals surface area (Å²) in [6.07, 6.45) is 0.491. The molecule has 2 aromatic rings. The summed E-state index contributed by atoms with van der Waals surface area (Å²) in [5, 5.41) is 2.89. The molecule has 1 N–H and O–H groups in total. The van der Waals surface area contributed by atoms with Crippen molar-refractivity contribution in [1.29, 1.82) is 0 Å². The van der Waals surface area contributed by atoms with Crippen LogP contribution in [0.5, 0.6) is 5.75 Å². The quantitative estimate of drug-likeness (QED) is 0.847. The van der Waals surface area contributed by atoms with Gasteiger partial charge in [0.15, 0.2) is 0 Å². The second-order valence-electron chi connectivity index (χ2n) is 6.47. The lowest BCUT2D eigenvalue weighted by atomic mass is 10.1. The van der Waals surface area contributed by atoms with E-state index in [1.54, 1.807) is 18.2 Å². The molecule has 5 nitrogen and oxygen atoms in total. The zero-order chi connectivity index (χ0) is 19.1. The van der Waals surface area contributed by atoms with Crippen molar-refractivity contribution in [3.63, 3.8) is 0 Å². The second-order valence-corrected chi connectivity index (χ2v) is 6.47. The molecule has 0 bridgehead atoms. The van der Waals surface area contributed by atoms with Crippen LogP contribution in [0, 0.1) is 5.82 Å². The largest absolute Gasteiger partial charge is 0.494 e. The van der Waals surface area contributed by atoms with E-state index in [1.165, 1.54) is 6.07 Å². The van der Waals surface area contributed by atoms with Gasteiger partial charge in [0.25, 0.3) is 0 Å². The fraction of sp³-hybridized carbons (Fsp3) is 0.381. The predicted molar refractivity (Wildman–Crippen MR) is 105 cm³/mol. The zero-order valence-corrected chi connectivity index (χ0v) is 15.7. The van der Waals surface area contributed by atoms with Gasteiger partial charge in [0, 0.05) is 38.4 Å². The Bertz CT molecular complexity index is 743. The van der Waals surface area contributed by atoms with E-state index < -0.39 is 0 Å². The van der Waals surface area contributed by atoms with Crippen LogP contribution in [0.2, 0.25) is 0 Å². The van der Waals surface area contributed by atoms with E-state index in [0.717, 1.165) is 24.5 Å². The van der Waals surface area contributed by atoms with Gasteiger partial charge < -0.3 is 19.9 Å². The third-order valence-electron chi connectivity index (χ3n) is 4.71. The Morgan fingerprint density at radius 1 is 1.07 bits per heavy atom. The molecule has 0 atom stereocenters. The van der Waals surface area contributed by atoms with E-state index in [1.807, 2.05) is 24.0 Å². The van der Waals surface area contributed by atoms with Gasteiger partial charge in [-0.2, -0.15) is 0 Å². The molecular weight excluding hydrogens is 345 g/mol. The van der Waals surface area contributed by atoms with Crippen LogP contribution in [-0.2, 0) is 6.42 Å². The summed E-state index contributed by atoms with van der Waals surface area (Å²) >= 11 is 0. The summed E-state index contributed by atoms with van der Waals surface area (Å²) in [6.45, 7) is 5.96. The summed E-state index contributed by atoms with van der Waals surface area (Å²) in [7, 11) is 0. The number of amides is 2. The zero-order valence-electron chi connectivity index (χ0n) is 15.7. The van der Waals surface area contributed by atoms with Crippen LogP contribution in [-0.4, -0.2) is 50.3 Å². The Morgan fingerprint density at radius 2 is 1.78 bits per heavy atom. The summed E-state index contributed by atoms with van der Waals surface area (Å²) < 4.78 is 19.1. The molecule has 2 aromatic carbocycles. The van der Waals surface area contributed by atoms with E-state index in [2.05, 4.69) is 22.3 Å². The predicted octanol–water partition coefficient (Wildman–Crippen LogP) is 3.30. The molecule has 1 saturated heterocycles. The SMILES string of the molecule is CCOc1ccc(N2CCN(C(=O)NCCc3ccccc3F)CC2)cc1. The molecule has 0 spiro atoms. The number of ether oxygens (including phenoxy) is 1. The highest BCUT2D eigenvalue weighted by Crippen LogP contribution is 2.20. The summed E-state index contributed by atoms with van der Waals surface area (Å²) in [5.74, 6) is 0.643. The average molecular weight is 371 g/mol. The van der Waals surface area contributed by atoms with Crippen molar-refractivity contribution in [2.24, 2.45) is 0 Å². The monoisotopic (exact) mass is 371 g/mol. The number of carbonyl (C=O) groups is 1. The Morgan fingerprint density at radius 3 is 2.44 bits per heavy atom. The number of hydrogen-bond donors (Lipinski definition) is 1. The molecular formula is C21H26FN3O2. The van der Waals surface area contributed by atoms with Crippen LogP contribution in [0.4, 0.5) is 14.9 Å². The molecule has 1 aliphatic heterocycles. The first-order chi connectivity index (χ1) is 13.2. The topological polar surface area (TPSA) is 44.8 Å². The van der Waals surface area contributed by atoms with Gasteiger partial charge in [-0.25, -0.2) is 9.18 Å². The lowest BCUT2D eigenvalue weighted by Crippen LogP contribution is -2.52. The highest BCUT2D eigenvalue weighted by molar-refractivity contribution is 5.74. The lowest BCUT2D eigenvalue weighted by Gasteiger charge is -2.36. The van der Waals surface area contributed by atoms with Crippen LogP contribution in [0.1, 0.15) is 12.5 Å². The van der Waals surface area contributed by atoms with Gasteiger partial charge in [-0.1, -0.05) is 18.2 Å². The molecule has 1 fully saturated rings. The van der Waals surface area contributed by atoms with Gasteiger partial charge in [0.2, 0.25) is 0 Å². The van der Waals surface area contributed by atoms with Crippen molar-refractivity contribution >= 4 is 11.7 Å². The van der Waals surface area contributed by atoms with Gasteiger partial charge in [-0.05, 0) is 49.2 Å². The molecule has 0 aromatic heterocycles. The maximum Gasteiger partial charge on any atom is 0.317 e. The van der Waals surface area contributed by atoms with E-state index in [0.29, 0.717) is 38.2 Å². The smallest absolute Gasteiger partial charge is 0.317 e. The number of nitrogens with zero attached hydrogens (tertiary/aromatic N) is 2. The Kier molecular flexibility index (Phi) is 6.52. The second kappa shape index (κ2) is 9.26. The Hall–Kier alpha value is -2.76. The number of hydrogen-bond acceptors (Lipinski definition) is 3. The minimum Gasteiger partial charge on any atom is -0.494 e. The maximum atomic E-state index is 13.6. The van der Waals surface area contributed by atoms with Gasteiger partial charge in [0.05, 0.1) is 6.61 Å². The third-order valence-corrected chi connectivity index (χ3v) is 4.71. The highest BCUT2D eigenvalue weighted by atomic mass is 19.1. The summed E-state index contributed by atoms with van der Waals surface area (Å²) in [6, 6.07) is 14.6. The lowest BCUT2D eigenvalue weighted by molar-refractivity contribution is 0.194. The van der Waals surface area contributed by atoms with Crippen molar-refractivity contribution < 1.29 is 13.9 Å². The Balaban J connectivity index is 1.43. The van der Waals surface area contributed by atoms with E-state index in [-0.39, 0.29) is 11.8 Å². The third kappa shape index (κ3) is 5.12. The van der Waals surface area contributed by atoms with Crippen molar-refractivity contribution in [2.45, 2.75) is 13.3 Å². The van der Waals surface area contributed by atoms with Gasteiger partial charge in [-0.15, -0.1) is 0 Å². The first kappa shape index (κ1) is 19.0. The Labute approximate surface area is 159 Å². The normalized spacial score (nSPS) is 14.1. The number of carbonyl (C=O) groups excluding carboxylic acids is 1. The molecule has 1 aliphatic rings. The van der Waals surface area contributed by atoms with Crippen molar-refractivity contribution in [1.82, 2.24) is 10.2 Å². The first-order valence-electron chi connectivity index (χ1n) is 9.41. The molecule has 144 valence electrons. The molecule has 0 radical (unpaired) electrons. The van der Waals surface area contributed by atoms with E-state index in [4.69, 9.17) is 4.74 Å². The van der Waals surface area contributed by atoms with Crippen LogP contribution in [0.3, 0.4) is 0 Å². The van der Waals surface area contributed by atoms with E-state index >= 15 is 0 Å². The molecule has 0 unspecified atom stereocenters. The van der Waals surface area contributed by atoms with Crippen LogP contribution >= 0.6 is 0 Å². The summed E-state index contributed by atoms with van der Waals surface area (Å²) in [5.41, 5.74) is 1.76. The summed E-state index contributed by atoms with van der Waals surface area (Å²) in [4.78, 5) is 16.4. The fourth-order valence-electron chi connectivity index (χ4n) is 3.20. The minimum absolute atomic E-state index is 0.0855. The number of anilines is 1. The molecule has 3 rings (SSSR count). The number of nitrogens with one attached hydrogen (secondary N) is 1. The van der Waals surface area contributed by atoms with Crippen LogP contribution in [0.15, 0.2) is 48.5 Å². The molecule has 1 heterocycles. The minimum atomic E-state index is -0.226. The average Bonchev–Trinajstić information content (AvgIpc) is 2.70. The van der Waals surface area contributed by atoms with Crippen LogP contribution < -0.4 is 15.0 Å². The number of urea groups is 1. The van der Waals surface area contributed by atoms with Gasteiger partial charge >= 0.3 is 6.03 Å². The van der Waals surface area contributed by atoms with Gasteiger partial charge in [0.1, 0.15) is 11.6 Å². The number of rotatable bonds is 6. The van der Waals surface area contributed by atoms with Crippen molar-refractivity contribution in [3.05, 3.63) is 59.9 Å². The number of halogens is 1. The highest BCUT2D eigenvalue weighted by Gasteiger charge is 2.21. The molecule has 27 heavy (non-hydrogen) atoms.